The second kappa shape index (κ2) is 10.8. The first kappa shape index (κ1) is 24.1. The number of amides is 1. The van der Waals surface area contributed by atoms with Crippen molar-refractivity contribution in [1.29, 1.82) is 0 Å². The molecule has 0 bridgehead atoms. The van der Waals surface area contributed by atoms with Gasteiger partial charge in [0, 0.05) is 40.6 Å². The summed E-state index contributed by atoms with van der Waals surface area (Å²) in [5.74, 6) is 0.429. The third kappa shape index (κ3) is 5.07. The number of hydrogen-bond acceptors (Lipinski definition) is 6. The largest absolute Gasteiger partial charge is 0.494 e. The molecule has 1 heterocycles. The summed E-state index contributed by atoms with van der Waals surface area (Å²) in [7, 11) is 1.35. The molecule has 9 heteroatoms. The van der Waals surface area contributed by atoms with Crippen LogP contribution in [0.4, 0.5) is 0 Å². The lowest BCUT2D eigenvalue weighted by Crippen LogP contribution is -2.47. The van der Waals surface area contributed by atoms with Crippen LogP contribution in [0.25, 0.3) is 0 Å². The van der Waals surface area contributed by atoms with Gasteiger partial charge in [0.15, 0.2) is 11.6 Å². The van der Waals surface area contributed by atoms with E-state index in [-0.39, 0.29) is 18.9 Å². The van der Waals surface area contributed by atoms with Crippen LogP contribution < -0.4 is 10.2 Å². The fourth-order valence-corrected chi connectivity index (χ4v) is 3.91. The molecule has 1 aliphatic rings. The molecule has 0 saturated heterocycles. The van der Waals surface area contributed by atoms with E-state index in [1.807, 2.05) is 0 Å². The van der Waals surface area contributed by atoms with Crippen LogP contribution >= 0.6 is 23.2 Å². The fraction of sp³-hybridized carbons (Fsp3) is 0.304. The Morgan fingerprint density at radius 1 is 1.31 bits per heavy atom. The minimum Gasteiger partial charge on any atom is -0.494 e. The van der Waals surface area contributed by atoms with E-state index < -0.39 is 17.6 Å². The zero-order chi connectivity index (χ0) is 23.1. The number of aliphatic imine (C=N–C) groups is 1. The molecular weight excluding hydrogens is 455 g/mol. The standard InChI is InChI=1S/C23H24Cl2N2O5/c1-3-11-23(22(29)27-30-2)20(18-10-7-16(24)14-19(18)25)32-21(26-23)15-5-8-17(9-6-15)31-13-4-12-28/h3,5-10,14,20,28H,1,4,11-13H2,2H3,(H,27,29)/t20-,23-/m0/s1. The molecule has 1 aliphatic heterocycles. The Balaban J connectivity index is 2.00. The molecule has 170 valence electrons. The smallest absolute Gasteiger partial charge is 0.276 e. The molecule has 1 amide bonds. The first-order valence-electron chi connectivity index (χ1n) is 9.95. The SMILES string of the molecule is C=CC[C@]1(C(=O)NOC)N=C(c2ccc(OCCCO)cc2)O[C@H]1c1ccc(Cl)cc1Cl. The molecule has 7 nitrogen and oxygen atoms in total. The Bertz CT molecular complexity index is 996. The quantitative estimate of drug-likeness (QED) is 0.302. The van der Waals surface area contributed by atoms with Gasteiger partial charge in [0.05, 0.1) is 13.7 Å². The topological polar surface area (TPSA) is 89.4 Å². The first-order valence-corrected chi connectivity index (χ1v) is 10.7. The van der Waals surface area contributed by atoms with Crippen molar-refractivity contribution in [3.8, 4) is 5.75 Å². The zero-order valence-electron chi connectivity index (χ0n) is 17.5. The van der Waals surface area contributed by atoms with Crippen molar-refractivity contribution >= 4 is 35.0 Å². The van der Waals surface area contributed by atoms with E-state index in [2.05, 4.69) is 12.1 Å². The predicted molar refractivity (Wildman–Crippen MR) is 123 cm³/mol. The molecule has 2 atom stereocenters. The van der Waals surface area contributed by atoms with Crippen molar-refractivity contribution in [3.63, 3.8) is 0 Å². The lowest BCUT2D eigenvalue weighted by Gasteiger charge is -2.29. The number of ether oxygens (including phenoxy) is 2. The normalized spacial score (nSPS) is 19.8. The first-order chi connectivity index (χ1) is 15.4. The van der Waals surface area contributed by atoms with Crippen LogP contribution in [0.15, 0.2) is 60.1 Å². The number of halogens is 2. The lowest BCUT2D eigenvalue weighted by atomic mass is 9.84. The van der Waals surface area contributed by atoms with Gasteiger partial charge in [-0.2, -0.15) is 0 Å². The Morgan fingerprint density at radius 3 is 2.69 bits per heavy atom. The van der Waals surface area contributed by atoms with Crippen LogP contribution in [0.3, 0.4) is 0 Å². The zero-order valence-corrected chi connectivity index (χ0v) is 19.0. The van der Waals surface area contributed by atoms with Crippen LogP contribution in [0, 0.1) is 0 Å². The van der Waals surface area contributed by atoms with Crippen LogP contribution in [0.5, 0.6) is 5.75 Å². The van der Waals surface area contributed by atoms with E-state index in [1.54, 1.807) is 48.5 Å². The predicted octanol–water partition coefficient (Wildman–Crippen LogP) is 4.27. The monoisotopic (exact) mass is 478 g/mol. The molecule has 0 unspecified atom stereocenters. The number of benzene rings is 2. The van der Waals surface area contributed by atoms with E-state index in [9.17, 15) is 4.79 Å². The average molecular weight is 479 g/mol. The van der Waals surface area contributed by atoms with Gasteiger partial charge in [0.1, 0.15) is 5.75 Å². The van der Waals surface area contributed by atoms with Crippen molar-refractivity contribution in [2.75, 3.05) is 20.3 Å². The van der Waals surface area contributed by atoms with Gasteiger partial charge in [-0.25, -0.2) is 10.5 Å². The van der Waals surface area contributed by atoms with E-state index in [4.69, 9.17) is 47.6 Å². The number of carbonyl (C=O) groups is 1. The summed E-state index contributed by atoms with van der Waals surface area (Å²) in [6.45, 7) is 4.26. The minimum absolute atomic E-state index is 0.0618. The van der Waals surface area contributed by atoms with Crippen molar-refractivity contribution < 1.29 is 24.2 Å². The van der Waals surface area contributed by atoms with Crippen molar-refractivity contribution in [2.24, 2.45) is 4.99 Å². The number of hydrogen-bond donors (Lipinski definition) is 2. The Kier molecular flexibility index (Phi) is 8.15. The Morgan fingerprint density at radius 2 is 2.06 bits per heavy atom. The number of aliphatic hydroxyl groups excluding tert-OH is 1. The van der Waals surface area contributed by atoms with Gasteiger partial charge < -0.3 is 14.6 Å². The van der Waals surface area contributed by atoms with E-state index in [1.165, 1.54) is 7.11 Å². The van der Waals surface area contributed by atoms with Crippen LogP contribution in [0.1, 0.15) is 30.1 Å². The number of hydroxylamine groups is 1. The summed E-state index contributed by atoms with van der Waals surface area (Å²) in [4.78, 5) is 22.7. The van der Waals surface area contributed by atoms with Crippen molar-refractivity contribution in [3.05, 3.63) is 76.3 Å². The van der Waals surface area contributed by atoms with Crippen LogP contribution in [-0.2, 0) is 14.4 Å². The second-order valence-electron chi connectivity index (χ2n) is 7.08. The van der Waals surface area contributed by atoms with E-state index in [0.717, 1.165) is 0 Å². The van der Waals surface area contributed by atoms with Crippen LogP contribution in [0.2, 0.25) is 10.0 Å². The maximum absolute atomic E-state index is 13.1. The Hall–Kier alpha value is -2.58. The maximum Gasteiger partial charge on any atom is 0.276 e. The van der Waals surface area contributed by atoms with Gasteiger partial charge in [-0.05, 0) is 36.4 Å². The minimum atomic E-state index is -1.39. The number of carbonyl (C=O) groups excluding carboxylic acids is 1. The highest BCUT2D eigenvalue weighted by Gasteiger charge is 2.53. The number of nitrogens with zero attached hydrogens (tertiary/aromatic N) is 1. The summed E-state index contributed by atoms with van der Waals surface area (Å²) in [5, 5.41) is 9.70. The summed E-state index contributed by atoms with van der Waals surface area (Å²) in [6.07, 6.45) is 1.48. The molecule has 0 radical (unpaired) electrons. The highest BCUT2D eigenvalue weighted by atomic mass is 35.5. The molecule has 2 N–H and O–H groups in total. The third-order valence-electron chi connectivity index (χ3n) is 4.93. The maximum atomic E-state index is 13.1. The fourth-order valence-electron chi connectivity index (χ4n) is 3.41. The highest BCUT2D eigenvalue weighted by Crippen LogP contribution is 2.45. The molecule has 2 aromatic carbocycles. The third-order valence-corrected chi connectivity index (χ3v) is 5.49. The Labute approximate surface area is 196 Å². The van der Waals surface area contributed by atoms with Gasteiger partial charge in [-0.1, -0.05) is 35.3 Å². The molecule has 0 saturated carbocycles. The average Bonchev–Trinajstić information content (AvgIpc) is 3.15. The number of aliphatic hydroxyl groups is 1. The summed E-state index contributed by atoms with van der Waals surface area (Å²) >= 11 is 12.5. The molecule has 0 spiro atoms. The van der Waals surface area contributed by atoms with Gasteiger partial charge in [-0.3, -0.25) is 9.63 Å². The lowest BCUT2D eigenvalue weighted by molar-refractivity contribution is -0.139. The van der Waals surface area contributed by atoms with Gasteiger partial charge in [0.2, 0.25) is 5.90 Å². The summed E-state index contributed by atoms with van der Waals surface area (Å²) in [6, 6.07) is 12.1. The van der Waals surface area contributed by atoms with Gasteiger partial charge >= 0.3 is 0 Å². The van der Waals surface area contributed by atoms with Gasteiger partial charge in [0.25, 0.3) is 5.91 Å². The van der Waals surface area contributed by atoms with E-state index in [0.29, 0.717) is 39.9 Å². The van der Waals surface area contributed by atoms with E-state index >= 15 is 0 Å². The second-order valence-corrected chi connectivity index (χ2v) is 7.93. The van der Waals surface area contributed by atoms with Crippen LogP contribution in [-0.4, -0.2) is 42.8 Å². The molecule has 0 aliphatic carbocycles. The number of nitrogens with one attached hydrogen (secondary N) is 1. The van der Waals surface area contributed by atoms with Crippen molar-refractivity contribution in [1.82, 2.24) is 5.48 Å². The molecule has 0 aromatic heterocycles. The number of rotatable bonds is 10. The molecule has 0 fully saturated rings. The summed E-state index contributed by atoms with van der Waals surface area (Å²) in [5.41, 5.74) is 2.20. The molecule has 2 aromatic rings. The molecule has 3 rings (SSSR count). The molecule has 32 heavy (non-hydrogen) atoms. The summed E-state index contributed by atoms with van der Waals surface area (Å²) < 4.78 is 11.8. The van der Waals surface area contributed by atoms with Gasteiger partial charge in [-0.15, -0.1) is 6.58 Å². The highest BCUT2D eigenvalue weighted by molar-refractivity contribution is 6.35. The van der Waals surface area contributed by atoms with Crippen molar-refractivity contribution in [2.45, 2.75) is 24.5 Å². The molecular formula is C23H24Cl2N2O5.